The Balaban J connectivity index is 1.69. The first-order valence-electron chi connectivity index (χ1n) is 10.2. The van der Waals surface area contributed by atoms with Crippen LogP contribution >= 0.6 is 11.3 Å². The molecule has 0 radical (unpaired) electrons. The van der Waals surface area contributed by atoms with Crippen molar-refractivity contribution in [3.8, 4) is 5.75 Å². The van der Waals surface area contributed by atoms with Gasteiger partial charge < -0.3 is 5.11 Å². The number of anilines is 1. The van der Waals surface area contributed by atoms with E-state index in [-0.39, 0.29) is 5.75 Å². The second kappa shape index (κ2) is 7.75. The maximum absolute atomic E-state index is 10.1. The maximum Gasteiger partial charge on any atom is 0.158 e. The lowest BCUT2D eigenvalue weighted by Gasteiger charge is -2.36. The number of thiophene rings is 1. The van der Waals surface area contributed by atoms with Crippen LogP contribution in [-0.4, -0.2) is 20.8 Å². The summed E-state index contributed by atoms with van der Waals surface area (Å²) < 4.78 is 0. The van der Waals surface area contributed by atoms with Crippen LogP contribution in [-0.2, 0) is 12.8 Å². The molecule has 1 aliphatic carbocycles. The molecule has 152 valence electrons. The van der Waals surface area contributed by atoms with E-state index in [0.717, 1.165) is 28.9 Å². The second-order valence-corrected chi connectivity index (χ2v) is 9.60. The highest BCUT2D eigenvalue weighted by atomic mass is 32.1. The van der Waals surface area contributed by atoms with Crippen LogP contribution in [0.3, 0.4) is 0 Å². The van der Waals surface area contributed by atoms with Gasteiger partial charge in [0.05, 0.1) is 11.1 Å². The van der Waals surface area contributed by atoms with E-state index in [1.54, 1.807) is 29.8 Å². The predicted octanol–water partition coefficient (Wildman–Crippen LogP) is 5.77. The van der Waals surface area contributed by atoms with Gasteiger partial charge in [0.15, 0.2) is 5.82 Å². The number of hydrazone groups is 1. The normalized spacial score (nSPS) is 17.4. The molecule has 2 aromatic heterocycles. The number of fused-ring (bicyclic) bond motifs is 3. The van der Waals surface area contributed by atoms with Crippen molar-refractivity contribution >= 4 is 33.1 Å². The first-order chi connectivity index (χ1) is 13.9. The quantitative estimate of drug-likeness (QED) is 0.415. The molecule has 1 aliphatic rings. The Hall–Kier alpha value is -2.47. The summed E-state index contributed by atoms with van der Waals surface area (Å²) in [5.74, 6) is 1.63. The summed E-state index contributed by atoms with van der Waals surface area (Å²) >= 11 is 1.79. The fraction of sp³-hybridized carbons (Fsp3) is 0.435. The Bertz CT molecular complexity index is 1070. The third-order valence-corrected chi connectivity index (χ3v) is 7.68. The summed E-state index contributed by atoms with van der Waals surface area (Å²) in [6.07, 6.45) is 6.21. The van der Waals surface area contributed by atoms with E-state index in [1.807, 2.05) is 19.1 Å². The smallest absolute Gasteiger partial charge is 0.158 e. The fourth-order valence-electron chi connectivity index (χ4n) is 4.13. The molecule has 0 fully saturated rings. The van der Waals surface area contributed by atoms with E-state index in [2.05, 4.69) is 41.3 Å². The highest BCUT2D eigenvalue weighted by Crippen LogP contribution is 2.45. The van der Waals surface area contributed by atoms with Crippen molar-refractivity contribution < 1.29 is 5.11 Å². The van der Waals surface area contributed by atoms with Crippen molar-refractivity contribution in [1.82, 2.24) is 9.97 Å². The molecule has 0 spiro atoms. The first-order valence-corrected chi connectivity index (χ1v) is 11.1. The Morgan fingerprint density at radius 1 is 1.31 bits per heavy atom. The van der Waals surface area contributed by atoms with E-state index in [9.17, 15) is 5.11 Å². The zero-order chi connectivity index (χ0) is 20.6. The summed E-state index contributed by atoms with van der Waals surface area (Å²) in [6.45, 7) is 8.93. The molecule has 4 rings (SSSR count). The molecule has 3 aromatic rings. The molecule has 5 nitrogen and oxygen atoms in total. The summed E-state index contributed by atoms with van der Waals surface area (Å²) in [7, 11) is 0. The highest BCUT2D eigenvalue weighted by molar-refractivity contribution is 7.19. The summed E-state index contributed by atoms with van der Waals surface area (Å²) in [4.78, 5) is 11.5. The lowest BCUT2D eigenvalue weighted by atomic mass is 9.69. The number of hydrogen-bond acceptors (Lipinski definition) is 6. The average molecular weight is 409 g/mol. The Morgan fingerprint density at radius 2 is 2.10 bits per heavy atom. The van der Waals surface area contributed by atoms with Crippen LogP contribution in [0.5, 0.6) is 5.75 Å². The molecule has 6 heteroatoms. The van der Waals surface area contributed by atoms with E-state index in [4.69, 9.17) is 0 Å². The minimum absolute atomic E-state index is 0.223. The molecule has 2 heterocycles. The van der Waals surface area contributed by atoms with Gasteiger partial charge in [-0.2, -0.15) is 5.10 Å². The van der Waals surface area contributed by atoms with E-state index < -0.39 is 0 Å². The Labute approximate surface area is 175 Å². The van der Waals surface area contributed by atoms with Gasteiger partial charge >= 0.3 is 0 Å². The number of benzene rings is 1. The third kappa shape index (κ3) is 3.73. The van der Waals surface area contributed by atoms with Crippen LogP contribution in [0.4, 0.5) is 5.82 Å². The monoisotopic (exact) mass is 408 g/mol. The number of aryl methyl sites for hydroxylation is 1. The zero-order valence-electron chi connectivity index (χ0n) is 17.5. The topological polar surface area (TPSA) is 70.4 Å². The van der Waals surface area contributed by atoms with Gasteiger partial charge in [-0.3, -0.25) is 5.43 Å². The van der Waals surface area contributed by atoms with Gasteiger partial charge in [-0.15, -0.1) is 11.3 Å². The van der Waals surface area contributed by atoms with Crippen molar-refractivity contribution in [2.45, 2.75) is 53.4 Å². The van der Waals surface area contributed by atoms with Gasteiger partial charge in [-0.05, 0) is 55.2 Å². The van der Waals surface area contributed by atoms with Gasteiger partial charge in [0.25, 0.3) is 0 Å². The highest BCUT2D eigenvalue weighted by Gasteiger charge is 2.33. The van der Waals surface area contributed by atoms with E-state index in [0.29, 0.717) is 22.6 Å². The summed E-state index contributed by atoms with van der Waals surface area (Å²) in [6, 6.07) is 7.22. The Morgan fingerprint density at radius 3 is 2.86 bits per heavy atom. The number of aromatic hydroxyl groups is 1. The number of nitrogens with zero attached hydrogens (tertiary/aromatic N) is 3. The van der Waals surface area contributed by atoms with Crippen molar-refractivity contribution in [1.29, 1.82) is 0 Å². The molecule has 0 aliphatic heterocycles. The molecule has 1 atom stereocenters. The van der Waals surface area contributed by atoms with Crippen molar-refractivity contribution in [2.75, 3.05) is 5.43 Å². The SMILES string of the molecule is CCC(C)(C)C1CCc2sc3ncnc(N/N=C(/C)c4ccccc4O)c3c2C1. The molecule has 0 bridgehead atoms. The van der Waals surface area contributed by atoms with Crippen molar-refractivity contribution in [3.05, 3.63) is 46.6 Å². The van der Waals surface area contributed by atoms with Gasteiger partial charge in [0.1, 0.15) is 16.9 Å². The van der Waals surface area contributed by atoms with Gasteiger partial charge in [-0.1, -0.05) is 39.3 Å². The van der Waals surface area contributed by atoms with Crippen LogP contribution in [0, 0.1) is 11.3 Å². The van der Waals surface area contributed by atoms with Gasteiger partial charge in [0.2, 0.25) is 0 Å². The lowest BCUT2D eigenvalue weighted by Crippen LogP contribution is -2.28. The maximum atomic E-state index is 10.1. The minimum atomic E-state index is 0.223. The Kier molecular flexibility index (Phi) is 5.30. The molecular weight excluding hydrogens is 380 g/mol. The third-order valence-electron chi connectivity index (χ3n) is 6.48. The molecule has 2 N–H and O–H groups in total. The van der Waals surface area contributed by atoms with Crippen LogP contribution in [0.25, 0.3) is 10.2 Å². The number of phenols is 1. The lowest BCUT2D eigenvalue weighted by molar-refractivity contribution is 0.184. The average Bonchev–Trinajstić information content (AvgIpc) is 3.10. The van der Waals surface area contributed by atoms with Gasteiger partial charge in [-0.25, -0.2) is 9.97 Å². The van der Waals surface area contributed by atoms with Crippen LogP contribution in [0.2, 0.25) is 0 Å². The first kappa shape index (κ1) is 19.8. The number of phenolic OH excluding ortho intramolecular Hbond substituents is 1. The number of hydrogen-bond donors (Lipinski definition) is 2. The van der Waals surface area contributed by atoms with Gasteiger partial charge in [0, 0.05) is 10.4 Å². The van der Waals surface area contributed by atoms with Crippen LogP contribution < -0.4 is 5.43 Å². The van der Waals surface area contributed by atoms with Crippen molar-refractivity contribution in [3.63, 3.8) is 0 Å². The largest absolute Gasteiger partial charge is 0.507 e. The number of rotatable bonds is 5. The molecule has 0 saturated carbocycles. The number of nitrogens with one attached hydrogen (secondary N) is 1. The minimum Gasteiger partial charge on any atom is -0.507 e. The predicted molar refractivity (Wildman–Crippen MR) is 121 cm³/mol. The summed E-state index contributed by atoms with van der Waals surface area (Å²) in [5, 5.41) is 15.7. The number of aromatic nitrogens is 2. The molecule has 0 saturated heterocycles. The molecule has 29 heavy (non-hydrogen) atoms. The van der Waals surface area contributed by atoms with Crippen LogP contribution in [0.1, 0.15) is 56.5 Å². The zero-order valence-corrected chi connectivity index (χ0v) is 18.3. The molecular formula is C23H28N4OS. The second-order valence-electron chi connectivity index (χ2n) is 8.51. The molecule has 1 unspecified atom stereocenters. The van der Waals surface area contributed by atoms with Crippen molar-refractivity contribution in [2.24, 2.45) is 16.4 Å². The van der Waals surface area contributed by atoms with E-state index in [1.165, 1.54) is 23.3 Å². The summed E-state index contributed by atoms with van der Waals surface area (Å²) in [5.41, 5.74) is 6.29. The number of para-hydroxylation sites is 1. The standard InChI is InChI=1S/C23H28N4OS/c1-5-23(3,4)15-10-11-19-17(12-15)20-21(24-13-25-22(20)29-19)27-26-14(2)16-8-6-7-9-18(16)28/h6-9,13,15,28H,5,10-12H2,1-4H3,(H,24,25,27)/b26-14-. The van der Waals surface area contributed by atoms with Crippen LogP contribution in [0.15, 0.2) is 35.7 Å². The van der Waals surface area contributed by atoms with E-state index >= 15 is 0 Å². The fourth-order valence-corrected chi connectivity index (χ4v) is 5.31. The molecule has 1 aromatic carbocycles. The molecule has 0 amide bonds.